The SMILES string of the molecule is O=C(c1ccc(CS(=O)(=O)c2ccccc2)o1)N1CCC(C2OCCO2)CC1. The fourth-order valence-electron chi connectivity index (χ4n) is 3.65. The van der Waals surface area contributed by atoms with Gasteiger partial charge in [-0.15, -0.1) is 0 Å². The maximum Gasteiger partial charge on any atom is 0.289 e. The zero-order chi connectivity index (χ0) is 19.6. The van der Waals surface area contributed by atoms with Crippen LogP contribution in [0.2, 0.25) is 0 Å². The molecule has 1 aromatic heterocycles. The molecule has 7 nitrogen and oxygen atoms in total. The van der Waals surface area contributed by atoms with E-state index in [0.29, 0.717) is 32.2 Å². The predicted octanol–water partition coefficient (Wildman–Crippen LogP) is 2.48. The van der Waals surface area contributed by atoms with Gasteiger partial charge >= 0.3 is 0 Å². The summed E-state index contributed by atoms with van der Waals surface area (Å²) in [5.41, 5.74) is 0. The van der Waals surface area contributed by atoms with Gasteiger partial charge in [0.05, 0.1) is 18.1 Å². The van der Waals surface area contributed by atoms with Crippen molar-refractivity contribution in [3.8, 4) is 0 Å². The van der Waals surface area contributed by atoms with Crippen molar-refractivity contribution in [3.05, 3.63) is 54.0 Å². The van der Waals surface area contributed by atoms with E-state index in [4.69, 9.17) is 13.9 Å². The quantitative estimate of drug-likeness (QED) is 0.760. The first-order valence-corrected chi connectivity index (χ1v) is 11.1. The van der Waals surface area contributed by atoms with Crippen molar-refractivity contribution in [2.45, 2.75) is 29.8 Å². The number of hydrogen-bond acceptors (Lipinski definition) is 6. The number of likely N-dealkylation sites (tertiary alicyclic amines) is 1. The first-order chi connectivity index (χ1) is 13.5. The van der Waals surface area contributed by atoms with Gasteiger partial charge < -0.3 is 18.8 Å². The first kappa shape index (κ1) is 19.2. The van der Waals surface area contributed by atoms with Crippen LogP contribution in [0.4, 0.5) is 0 Å². The molecule has 2 saturated heterocycles. The van der Waals surface area contributed by atoms with Crippen molar-refractivity contribution in [2.75, 3.05) is 26.3 Å². The Hall–Kier alpha value is -2.16. The van der Waals surface area contributed by atoms with Gasteiger partial charge in [-0.05, 0) is 37.1 Å². The molecule has 2 aliphatic heterocycles. The fourth-order valence-corrected chi connectivity index (χ4v) is 4.92. The Labute approximate surface area is 164 Å². The van der Waals surface area contributed by atoms with Gasteiger partial charge in [0.2, 0.25) is 0 Å². The average molecular weight is 405 g/mol. The van der Waals surface area contributed by atoms with E-state index in [-0.39, 0.29) is 34.4 Å². The molecule has 1 amide bonds. The van der Waals surface area contributed by atoms with Gasteiger partial charge in [-0.25, -0.2) is 8.42 Å². The van der Waals surface area contributed by atoms with E-state index in [1.54, 1.807) is 47.4 Å². The van der Waals surface area contributed by atoms with Crippen LogP contribution in [0, 0.1) is 5.92 Å². The fraction of sp³-hybridized carbons (Fsp3) is 0.450. The Morgan fingerprint density at radius 3 is 2.36 bits per heavy atom. The average Bonchev–Trinajstić information content (AvgIpc) is 3.40. The predicted molar refractivity (Wildman–Crippen MR) is 100 cm³/mol. The van der Waals surface area contributed by atoms with Crippen LogP contribution in [-0.4, -0.2) is 51.8 Å². The molecule has 150 valence electrons. The molecule has 0 unspecified atom stereocenters. The second-order valence-corrected chi connectivity index (χ2v) is 9.07. The zero-order valence-corrected chi connectivity index (χ0v) is 16.3. The molecule has 2 fully saturated rings. The molecule has 4 rings (SSSR count). The van der Waals surface area contributed by atoms with Gasteiger partial charge in [-0.1, -0.05) is 18.2 Å². The van der Waals surface area contributed by atoms with Crippen molar-refractivity contribution in [1.29, 1.82) is 0 Å². The summed E-state index contributed by atoms with van der Waals surface area (Å²) >= 11 is 0. The summed E-state index contributed by atoms with van der Waals surface area (Å²) in [4.78, 5) is 14.7. The second kappa shape index (κ2) is 8.06. The summed E-state index contributed by atoms with van der Waals surface area (Å²) in [7, 11) is -3.51. The molecular weight excluding hydrogens is 382 g/mol. The molecule has 0 N–H and O–H groups in total. The molecule has 0 radical (unpaired) electrons. The van der Waals surface area contributed by atoms with Gasteiger partial charge in [0.15, 0.2) is 21.9 Å². The normalized spacial score (nSPS) is 19.2. The van der Waals surface area contributed by atoms with Crippen molar-refractivity contribution in [2.24, 2.45) is 5.92 Å². The topological polar surface area (TPSA) is 86.0 Å². The highest BCUT2D eigenvalue weighted by atomic mass is 32.2. The molecule has 0 bridgehead atoms. The smallest absolute Gasteiger partial charge is 0.289 e. The molecule has 3 heterocycles. The van der Waals surface area contributed by atoms with Gasteiger partial charge in [0, 0.05) is 19.0 Å². The lowest BCUT2D eigenvalue weighted by Crippen LogP contribution is -2.41. The van der Waals surface area contributed by atoms with Gasteiger partial charge in [0.1, 0.15) is 11.5 Å². The number of piperidine rings is 1. The van der Waals surface area contributed by atoms with Crippen molar-refractivity contribution in [1.82, 2.24) is 4.90 Å². The third-order valence-corrected chi connectivity index (χ3v) is 6.82. The number of furan rings is 1. The maximum absolute atomic E-state index is 12.7. The Morgan fingerprint density at radius 1 is 1.00 bits per heavy atom. The monoisotopic (exact) mass is 405 g/mol. The van der Waals surface area contributed by atoms with E-state index in [1.165, 1.54) is 0 Å². The molecule has 0 aliphatic carbocycles. The van der Waals surface area contributed by atoms with Gasteiger partial charge in [-0.3, -0.25) is 4.79 Å². The Morgan fingerprint density at radius 2 is 1.68 bits per heavy atom. The Kier molecular flexibility index (Phi) is 5.52. The molecule has 2 aromatic rings. The Balaban J connectivity index is 1.37. The van der Waals surface area contributed by atoms with Gasteiger partial charge in [-0.2, -0.15) is 0 Å². The third-order valence-electron chi connectivity index (χ3n) is 5.17. The van der Waals surface area contributed by atoms with Crippen LogP contribution in [-0.2, 0) is 25.1 Å². The number of sulfone groups is 1. The molecule has 0 spiro atoms. The van der Waals surface area contributed by atoms with E-state index >= 15 is 0 Å². The van der Waals surface area contributed by atoms with E-state index in [9.17, 15) is 13.2 Å². The number of carbonyl (C=O) groups is 1. The molecule has 8 heteroatoms. The van der Waals surface area contributed by atoms with Crippen LogP contribution in [0.3, 0.4) is 0 Å². The van der Waals surface area contributed by atoms with Crippen molar-refractivity contribution in [3.63, 3.8) is 0 Å². The maximum atomic E-state index is 12.7. The van der Waals surface area contributed by atoms with Crippen molar-refractivity contribution < 1.29 is 27.1 Å². The van der Waals surface area contributed by atoms with Crippen LogP contribution in [0.25, 0.3) is 0 Å². The third kappa shape index (κ3) is 4.14. The minimum Gasteiger partial charge on any atom is -0.455 e. The van der Waals surface area contributed by atoms with Gasteiger partial charge in [0.25, 0.3) is 5.91 Å². The molecular formula is C20H23NO6S. The summed E-state index contributed by atoms with van der Waals surface area (Å²) in [5, 5.41) is 0. The number of carbonyl (C=O) groups excluding carboxylic acids is 1. The van der Waals surface area contributed by atoms with Crippen LogP contribution < -0.4 is 0 Å². The number of benzene rings is 1. The summed E-state index contributed by atoms with van der Waals surface area (Å²) in [6.45, 7) is 2.46. The van der Waals surface area contributed by atoms with E-state index in [1.807, 2.05) is 0 Å². The highest BCUT2D eigenvalue weighted by Gasteiger charge is 2.32. The summed E-state index contributed by atoms with van der Waals surface area (Å²) in [6, 6.07) is 11.3. The number of amides is 1. The summed E-state index contributed by atoms with van der Waals surface area (Å²) < 4.78 is 41.6. The lowest BCUT2D eigenvalue weighted by atomic mass is 9.96. The standard InChI is InChI=1S/C20H23NO6S/c22-19(21-10-8-15(9-11-21)20-25-12-13-26-20)18-7-6-16(27-18)14-28(23,24)17-4-2-1-3-5-17/h1-7,15,20H,8-14H2. The minimum absolute atomic E-state index is 0.157. The molecule has 28 heavy (non-hydrogen) atoms. The van der Waals surface area contributed by atoms with E-state index < -0.39 is 9.84 Å². The molecule has 0 saturated carbocycles. The number of nitrogens with zero attached hydrogens (tertiary/aromatic N) is 1. The lowest BCUT2D eigenvalue weighted by molar-refractivity contribution is -0.0956. The molecule has 2 aliphatic rings. The van der Waals surface area contributed by atoms with Crippen LogP contribution in [0.15, 0.2) is 51.8 Å². The number of rotatable bonds is 5. The highest BCUT2D eigenvalue weighted by molar-refractivity contribution is 7.90. The lowest BCUT2D eigenvalue weighted by Gasteiger charge is -2.33. The molecule has 0 atom stereocenters. The number of ether oxygens (including phenoxy) is 2. The van der Waals surface area contributed by atoms with Crippen molar-refractivity contribution >= 4 is 15.7 Å². The Bertz CT molecular complexity index is 909. The first-order valence-electron chi connectivity index (χ1n) is 9.42. The highest BCUT2D eigenvalue weighted by Crippen LogP contribution is 2.27. The van der Waals surface area contributed by atoms with Crippen LogP contribution >= 0.6 is 0 Å². The number of hydrogen-bond donors (Lipinski definition) is 0. The summed E-state index contributed by atoms with van der Waals surface area (Å²) in [6.07, 6.45) is 1.47. The largest absolute Gasteiger partial charge is 0.455 e. The van der Waals surface area contributed by atoms with E-state index in [2.05, 4.69) is 0 Å². The second-order valence-electron chi connectivity index (χ2n) is 7.08. The zero-order valence-electron chi connectivity index (χ0n) is 15.5. The van der Waals surface area contributed by atoms with E-state index in [0.717, 1.165) is 12.8 Å². The molecule has 1 aromatic carbocycles. The summed E-state index contributed by atoms with van der Waals surface area (Å²) in [5.74, 6) is 0.243. The minimum atomic E-state index is -3.51. The van der Waals surface area contributed by atoms with Crippen LogP contribution in [0.1, 0.15) is 29.2 Å². The van der Waals surface area contributed by atoms with Crippen LogP contribution in [0.5, 0.6) is 0 Å².